The van der Waals surface area contributed by atoms with E-state index in [1.54, 1.807) is 24.3 Å². The molecule has 0 bridgehead atoms. The number of benzene rings is 1. The number of nitriles is 8. The van der Waals surface area contributed by atoms with Gasteiger partial charge in [0.25, 0.3) is 5.89 Å². The highest BCUT2D eigenvalue weighted by molar-refractivity contribution is 5.82. The summed E-state index contributed by atoms with van der Waals surface area (Å²) in [5.74, 6) is -2.12. The Kier molecular flexibility index (Phi) is 6.90. The molecule has 0 saturated carbocycles. The normalized spacial score (nSPS) is 11.5. The van der Waals surface area contributed by atoms with Crippen LogP contribution in [0.5, 0.6) is 0 Å². The highest BCUT2D eigenvalue weighted by Crippen LogP contribution is 2.28. The van der Waals surface area contributed by atoms with Crippen molar-refractivity contribution < 1.29 is 4.42 Å². The van der Waals surface area contributed by atoms with Crippen LogP contribution in [0.25, 0.3) is 34.0 Å². The topological polar surface area (TPSA) is 356 Å². The standard InChI is InChI=1S/C30H2N20O/c31-3-11-1-15-20(2-12(11)4-32)51-30(43-15)29-49-21(13(5-33)23-45-25-26(46-23)40-17(8-36)16(7-35)39-25)44-22(50-29)14(6-34)24-47-27-28(48-24)42-19(10-38)18(9-37)41-27/h1-2H. The van der Waals surface area contributed by atoms with Gasteiger partial charge in [0.05, 0.1) is 11.1 Å². The molecule has 0 N–H and O–H groups in total. The molecular weight excluding hydrogens is 656 g/mol. The summed E-state index contributed by atoms with van der Waals surface area (Å²) in [6.07, 6.45) is 0. The first-order valence-corrected chi connectivity index (χ1v) is 13.5. The minimum Gasteiger partial charge on any atom is -0.433 e. The van der Waals surface area contributed by atoms with E-state index in [0.717, 1.165) is 0 Å². The monoisotopic (exact) mass is 658 g/mol. The molecule has 2 aliphatic heterocycles. The first-order chi connectivity index (χ1) is 24.8. The second-order valence-electron chi connectivity index (χ2n) is 9.57. The van der Waals surface area contributed by atoms with Gasteiger partial charge in [0.1, 0.15) is 65.2 Å². The smallest absolute Gasteiger partial charge is 0.266 e. The third-order valence-corrected chi connectivity index (χ3v) is 6.70. The van der Waals surface area contributed by atoms with Crippen molar-refractivity contribution in [1.29, 1.82) is 42.1 Å². The molecule has 228 valence electrons. The molecule has 51 heavy (non-hydrogen) atoms. The lowest BCUT2D eigenvalue weighted by Crippen LogP contribution is -2.31. The number of fused-ring (bicyclic) bond motifs is 3. The van der Waals surface area contributed by atoms with Gasteiger partial charge >= 0.3 is 0 Å². The van der Waals surface area contributed by atoms with Gasteiger partial charge < -0.3 is 4.42 Å². The lowest BCUT2D eigenvalue weighted by molar-refractivity contribution is 0.611. The van der Waals surface area contributed by atoms with Crippen molar-refractivity contribution in [2.45, 2.75) is 0 Å². The van der Waals surface area contributed by atoms with Crippen LogP contribution < -0.4 is 22.0 Å². The van der Waals surface area contributed by atoms with Crippen molar-refractivity contribution >= 4 is 22.2 Å². The Labute approximate surface area is 280 Å². The van der Waals surface area contributed by atoms with Crippen LogP contribution >= 0.6 is 0 Å². The summed E-state index contributed by atoms with van der Waals surface area (Å²) in [5.41, 5.74) is -2.52. The Bertz CT molecular complexity index is 2870. The van der Waals surface area contributed by atoms with Gasteiger partial charge in [-0.2, -0.15) is 42.1 Å². The highest BCUT2D eigenvalue weighted by atomic mass is 16.3. The first-order valence-electron chi connectivity index (χ1n) is 13.5. The largest absolute Gasteiger partial charge is 0.433 e. The fraction of sp³-hybridized carbons (Fsp3) is 0. The van der Waals surface area contributed by atoms with Crippen molar-refractivity contribution in [3.8, 4) is 60.3 Å². The predicted octanol–water partition coefficient (Wildman–Crippen LogP) is -1.22. The summed E-state index contributed by atoms with van der Waals surface area (Å²) in [5, 5.41) is 76.8. The Hall–Kier alpha value is -9.54. The molecule has 0 unspecified atom stereocenters. The molecule has 1 aromatic carbocycles. The minimum atomic E-state index is -0.426. The molecule has 21 nitrogen and oxygen atoms in total. The summed E-state index contributed by atoms with van der Waals surface area (Å²) in [6, 6.07) is 17.1. The predicted molar refractivity (Wildman–Crippen MR) is 155 cm³/mol. The zero-order chi connectivity index (χ0) is 35.8. The molecule has 0 spiro atoms. The van der Waals surface area contributed by atoms with E-state index in [-0.39, 0.29) is 90.3 Å². The van der Waals surface area contributed by atoms with Crippen LogP contribution in [0.15, 0.2) is 48.2 Å². The number of rotatable bonds is 3. The fourth-order valence-corrected chi connectivity index (χ4v) is 4.47. The third kappa shape index (κ3) is 4.90. The van der Waals surface area contributed by atoms with Crippen molar-refractivity contribution in [3.05, 3.63) is 91.3 Å². The molecule has 4 aromatic heterocycles. The second-order valence-corrected chi connectivity index (χ2v) is 9.57. The lowest BCUT2D eigenvalue weighted by atomic mass is 10.1. The summed E-state index contributed by atoms with van der Waals surface area (Å²) < 4.78 is 5.81. The van der Waals surface area contributed by atoms with Gasteiger partial charge in [0.2, 0.25) is 27.8 Å². The maximum absolute atomic E-state index is 10.3. The van der Waals surface area contributed by atoms with Crippen molar-refractivity contribution in [2.24, 2.45) is 20.0 Å². The molecule has 7 rings (SSSR count). The second kappa shape index (κ2) is 11.7. The number of aromatic nitrogens is 8. The molecule has 5 aromatic rings. The molecule has 21 heteroatoms. The number of allylic oxidation sites excluding steroid dienone is 2. The minimum absolute atomic E-state index is 0.00781. The highest BCUT2D eigenvalue weighted by Gasteiger charge is 2.25. The van der Waals surface area contributed by atoms with Crippen molar-refractivity contribution in [2.75, 3.05) is 0 Å². The maximum atomic E-state index is 10.3. The number of nitrogens with zero attached hydrogens (tertiary/aromatic N) is 20. The Balaban J connectivity index is 1.49. The van der Waals surface area contributed by atoms with Crippen LogP contribution in [0.1, 0.15) is 45.6 Å². The molecule has 0 atom stereocenters. The SMILES string of the molecule is N#CC(=C1N=c2nc(C#N)c(C#N)nc2=N1)c1nc(C(C#N)=C2N=c3nc(C#N)c(C#N)nc3=N2)nc(-c2nc3cc(C#N)c(C#N)cc3o2)n1. The summed E-state index contributed by atoms with van der Waals surface area (Å²) in [4.78, 5) is 49.8. The Morgan fingerprint density at radius 3 is 1.25 bits per heavy atom. The van der Waals surface area contributed by atoms with E-state index in [4.69, 9.17) is 4.42 Å². The van der Waals surface area contributed by atoms with Crippen LogP contribution in [-0.2, 0) is 0 Å². The van der Waals surface area contributed by atoms with Gasteiger partial charge in [0, 0.05) is 6.07 Å². The molecule has 2 aliphatic rings. The van der Waals surface area contributed by atoms with Gasteiger partial charge in [-0.15, -0.1) is 0 Å². The average Bonchev–Trinajstić information content (AvgIpc) is 3.89. The van der Waals surface area contributed by atoms with Gasteiger partial charge in [-0.05, 0) is 6.07 Å². The van der Waals surface area contributed by atoms with E-state index in [1.165, 1.54) is 12.1 Å². The molecule has 0 amide bonds. The Morgan fingerprint density at radius 1 is 0.471 bits per heavy atom. The van der Waals surface area contributed by atoms with E-state index < -0.39 is 22.8 Å². The van der Waals surface area contributed by atoms with Gasteiger partial charge in [-0.25, -0.2) is 59.8 Å². The molecule has 6 heterocycles. The van der Waals surface area contributed by atoms with E-state index in [0.29, 0.717) is 0 Å². The Morgan fingerprint density at radius 2 is 0.882 bits per heavy atom. The first kappa shape index (κ1) is 30.1. The number of hydrogen-bond donors (Lipinski definition) is 0. The van der Waals surface area contributed by atoms with Crippen LogP contribution in [0.3, 0.4) is 0 Å². The number of oxazole rings is 1. The van der Waals surface area contributed by atoms with Gasteiger partial charge in [-0.3, -0.25) is 0 Å². The summed E-state index contributed by atoms with van der Waals surface area (Å²) in [7, 11) is 0. The quantitative estimate of drug-likeness (QED) is 0.205. The van der Waals surface area contributed by atoms with Gasteiger partial charge in [-0.1, -0.05) is 0 Å². The van der Waals surface area contributed by atoms with E-state index in [2.05, 4.69) is 59.8 Å². The molecule has 0 fully saturated rings. The molecular formula is C30H2N20O. The van der Waals surface area contributed by atoms with Crippen LogP contribution in [0.4, 0.5) is 0 Å². The molecule has 0 saturated heterocycles. The molecule has 0 radical (unpaired) electrons. The maximum Gasteiger partial charge on any atom is 0.266 e. The summed E-state index contributed by atoms with van der Waals surface area (Å²) in [6.45, 7) is 0. The fourth-order valence-electron chi connectivity index (χ4n) is 4.47. The van der Waals surface area contributed by atoms with E-state index in [9.17, 15) is 42.1 Å². The zero-order valence-electron chi connectivity index (χ0n) is 24.5. The third-order valence-electron chi connectivity index (χ3n) is 6.70. The van der Waals surface area contributed by atoms with Crippen LogP contribution in [-0.4, -0.2) is 39.9 Å². The average molecular weight is 658 g/mol. The van der Waals surface area contributed by atoms with Crippen molar-refractivity contribution in [3.63, 3.8) is 0 Å². The van der Waals surface area contributed by atoms with Crippen LogP contribution in [0.2, 0.25) is 0 Å². The number of hydrogen-bond acceptors (Lipinski definition) is 21. The van der Waals surface area contributed by atoms with Gasteiger partial charge in [0.15, 0.2) is 51.6 Å². The van der Waals surface area contributed by atoms with Crippen LogP contribution in [0, 0.1) is 90.6 Å². The van der Waals surface area contributed by atoms with E-state index in [1.807, 2.05) is 24.3 Å². The summed E-state index contributed by atoms with van der Waals surface area (Å²) >= 11 is 0. The van der Waals surface area contributed by atoms with Crippen molar-refractivity contribution in [1.82, 2.24) is 39.9 Å². The lowest BCUT2D eigenvalue weighted by Gasteiger charge is -2.05. The molecule has 0 aliphatic carbocycles. The zero-order valence-corrected chi connectivity index (χ0v) is 24.5. The van der Waals surface area contributed by atoms with E-state index >= 15 is 0 Å².